The van der Waals surface area contributed by atoms with Crippen molar-refractivity contribution in [1.29, 1.82) is 0 Å². The third-order valence-corrected chi connectivity index (χ3v) is 2.59. The van der Waals surface area contributed by atoms with Gasteiger partial charge in [0.25, 0.3) is 0 Å². The second-order valence-electron chi connectivity index (χ2n) is 3.33. The molecule has 0 saturated heterocycles. The second-order valence-corrected chi connectivity index (χ2v) is 3.96. The first-order valence-electron chi connectivity index (χ1n) is 4.19. The molecule has 0 aliphatic heterocycles. The minimum absolute atomic E-state index is 0.0642. The molecule has 0 spiro atoms. The quantitative estimate of drug-likeness (QED) is 0.500. The van der Waals surface area contributed by atoms with Gasteiger partial charge in [0.15, 0.2) is 0 Å². The van der Waals surface area contributed by atoms with E-state index in [2.05, 4.69) is 0 Å². The zero-order valence-corrected chi connectivity index (χ0v) is 10.2. The van der Waals surface area contributed by atoms with Crippen LogP contribution < -0.4 is 0 Å². The van der Waals surface area contributed by atoms with Crippen LogP contribution in [0.25, 0.3) is 0 Å². The molecule has 0 amide bonds. The van der Waals surface area contributed by atoms with E-state index in [-0.39, 0.29) is 12.5 Å². The number of hydrogen-bond donors (Lipinski definition) is 0. The molecular weight excluding hydrogens is 215 g/mol. The third kappa shape index (κ3) is 6.41. The van der Waals surface area contributed by atoms with Gasteiger partial charge in [-0.3, -0.25) is 0 Å². The van der Waals surface area contributed by atoms with Crippen molar-refractivity contribution in [2.75, 3.05) is 28.2 Å². The standard InChI is InChI=1S/2C4H10NO.Ni/c2*1-4(6)5(2)3;/h2*4H,1-3H3;/q2*-1;+2. The molecule has 0 aromatic carbocycles. The molecule has 2 atom stereocenters. The van der Waals surface area contributed by atoms with E-state index >= 15 is 0 Å². The molecule has 0 saturated carbocycles. The third-order valence-electron chi connectivity index (χ3n) is 1.73. The van der Waals surface area contributed by atoms with Crippen LogP contribution in [-0.2, 0) is 22.8 Å². The Morgan fingerprint density at radius 2 is 1.15 bits per heavy atom. The van der Waals surface area contributed by atoms with Crippen molar-refractivity contribution in [3.05, 3.63) is 0 Å². The minimum atomic E-state index is 0.0642. The van der Waals surface area contributed by atoms with Crippen LogP contribution in [0.4, 0.5) is 0 Å². The molecule has 0 N–H and O–H groups in total. The molecule has 13 heavy (non-hydrogen) atoms. The van der Waals surface area contributed by atoms with Gasteiger partial charge in [-0.15, -0.1) is 0 Å². The van der Waals surface area contributed by atoms with Gasteiger partial charge in [0, 0.05) is 0 Å². The molecule has 0 aliphatic carbocycles. The van der Waals surface area contributed by atoms with Gasteiger partial charge in [0.05, 0.1) is 0 Å². The first kappa shape index (κ1) is 13.3. The Morgan fingerprint density at radius 1 is 0.846 bits per heavy atom. The van der Waals surface area contributed by atoms with Gasteiger partial charge < -0.3 is 0 Å². The molecule has 0 aliphatic rings. The monoisotopic (exact) mass is 234 g/mol. The maximum absolute atomic E-state index is 5.34. The van der Waals surface area contributed by atoms with Crippen LogP contribution in [0.1, 0.15) is 13.8 Å². The van der Waals surface area contributed by atoms with Crippen LogP contribution >= 0.6 is 0 Å². The van der Waals surface area contributed by atoms with E-state index in [4.69, 9.17) is 7.76 Å². The fourth-order valence-corrected chi connectivity index (χ4v) is 0.985. The Morgan fingerprint density at radius 3 is 1.38 bits per heavy atom. The van der Waals surface area contributed by atoms with Crippen LogP contribution in [0.15, 0.2) is 0 Å². The summed E-state index contributed by atoms with van der Waals surface area (Å²) >= 11 is 0.865. The van der Waals surface area contributed by atoms with Crippen molar-refractivity contribution in [1.82, 2.24) is 9.80 Å². The second kappa shape index (κ2) is 6.74. The molecule has 0 radical (unpaired) electrons. The molecular formula is C8H20N2NiO2. The molecule has 0 fully saturated rings. The van der Waals surface area contributed by atoms with Gasteiger partial charge in [0.1, 0.15) is 0 Å². The van der Waals surface area contributed by atoms with E-state index in [1.54, 1.807) is 0 Å². The van der Waals surface area contributed by atoms with E-state index < -0.39 is 0 Å². The molecule has 5 heteroatoms. The summed E-state index contributed by atoms with van der Waals surface area (Å²) in [5.74, 6) is 0. The predicted octanol–water partition coefficient (Wildman–Crippen LogP) is 0.747. The van der Waals surface area contributed by atoms with Gasteiger partial charge in [-0.25, -0.2) is 0 Å². The average Bonchev–Trinajstić information content (AvgIpc) is 2.03. The summed E-state index contributed by atoms with van der Waals surface area (Å²) in [5.41, 5.74) is 0. The zero-order chi connectivity index (χ0) is 10.4. The van der Waals surface area contributed by atoms with Crippen molar-refractivity contribution in [2.45, 2.75) is 26.3 Å². The molecule has 0 rings (SSSR count). The molecule has 2 unspecified atom stereocenters. The van der Waals surface area contributed by atoms with E-state index in [0.717, 1.165) is 15.1 Å². The summed E-state index contributed by atoms with van der Waals surface area (Å²) in [6.45, 7) is 3.95. The summed E-state index contributed by atoms with van der Waals surface area (Å²) < 4.78 is 10.7. The first-order valence-corrected chi connectivity index (χ1v) is 5.00. The Bertz CT molecular complexity index is 119. The van der Waals surface area contributed by atoms with Gasteiger partial charge in [0.2, 0.25) is 0 Å². The molecule has 0 bridgehead atoms. The molecule has 0 heterocycles. The van der Waals surface area contributed by atoms with Crippen LogP contribution in [0, 0.1) is 0 Å². The first-order chi connectivity index (χ1) is 5.95. The summed E-state index contributed by atoms with van der Waals surface area (Å²) in [4.78, 5) is 3.95. The number of nitrogens with zero attached hydrogens (tertiary/aromatic N) is 2. The zero-order valence-electron chi connectivity index (χ0n) is 9.18. The SMILES string of the molecule is CC([O][Ni][O]C(C)N(C)C)N(C)C. The Kier molecular flexibility index (Phi) is 6.91. The van der Waals surface area contributed by atoms with Gasteiger partial charge >= 0.3 is 87.1 Å². The van der Waals surface area contributed by atoms with Crippen LogP contribution in [0.2, 0.25) is 0 Å². The Balaban J connectivity index is 3.45. The van der Waals surface area contributed by atoms with Gasteiger partial charge in [-0.1, -0.05) is 0 Å². The summed E-state index contributed by atoms with van der Waals surface area (Å²) in [6, 6.07) is 0. The van der Waals surface area contributed by atoms with Crippen LogP contribution in [-0.4, -0.2) is 50.4 Å². The van der Waals surface area contributed by atoms with Crippen LogP contribution in [0.5, 0.6) is 0 Å². The van der Waals surface area contributed by atoms with E-state index in [1.807, 2.05) is 51.8 Å². The molecule has 0 aromatic rings. The summed E-state index contributed by atoms with van der Waals surface area (Å²) in [6.07, 6.45) is 0.128. The van der Waals surface area contributed by atoms with Crippen molar-refractivity contribution >= 4 is 0 Å². The molecule has 84 valence electrons. The average molecular weight is 235 g/mol. The van der Waals surface area contributed by atoms with Gasteiger partial charge in [-0.2, -0.15) is 0 Å². The number of hydrogen-bond acceptors (Lipinski definition) is 4. The van der Waals surface area contributed by atoms with E-state index in [1.165, 1.54) is 0 Å². The van der Waals surface area contributed by atoms with Gasteiger partial charge in [-0.05, 0) is 0 Å². The number of rotatable bonds is 6. The Labute approximate surface area is 87.6 Å². The maximum atomic E-state index is 5.34. The van der Waals surface area contributed by atoms with Crippen molar-refractivity contribution in [2.24, 2.45) is 0 Å². The fraction of sp³-hybridized carbons (Fsp3) is 1.00. The van der Waals surface area contributed by atoms with Crippen molar-refractivity contribution < 1.29 is 22.8 Å². The fourth-order valence-electron chi connectivity index (χ4n) is 0.239. The van der Waals surface area contributed by atoms with Crippen molar-refractivity contribution in [3.63, 3.8) is 0 Å². The predicted molar refractivity (Wildman–Crippen MR) is 48.5 cm³/mol. The summed E-state index contributed by atoms with van der Waals surface area (Å²) in [5, 5.41) is 0. The van der Waals surface area contributed by atoms with Crippen LogP contribution in [0.3, 0.4) is 0 Å². The van der Waals surface area contributed by atoms with E-state index in [9.17, 15) is 0 Å². The Hall–Kier alpha value is 0.334. The topological polar surface area (TPSA) is 24.9 Å². The van der Waals surface area contributed by atoms with Crippen molar-refractivity contribution in [3.8, 4) is 0 Å². The van der Waals surface area contributed by atoms with E-state index in [0.29, 0.717) is 0 Å². The summed E-state index contributed by atoms with van der Waals surface area (Å²) in [7, 11) is 7.85. The normalized spacial score (nSPS) is 16.9. The molecule has 0 aromatic heterocycles. The molecule has 4 nitrogen and oxygen atoms in total.